The Hall–Kier alpha value is -3.70. The molecule has 1 fully saturated rings. The fraction of sp³-hybridized carbons (Fsp3) is 0.280. The standard InChI is InChI=1S/C25H22ClFN6O/c1-15-10-19(11-18-14-31(2)30-21(15)18)33-23(26)22(25(34)32-8-4-3-5-9-32)29-24(33)16-6-7-17(13-28)20(27)12-16/h6-7,10-12,14H,3-5,8-9H2,1-2H3. The number of halogens is 2. The van der Waals surface area contributed by atoms with Gasteiger partial charge in [0.15, 0.2) is 5.69 Å². The number of fused-ring (bicyclic) bond motifs is 1. The van der Waals surface area contributed by atoms with Crippen molar-refractivity contribution in [1.82, 2.24) is 24.2 Å². The molecule has 5 rings (SSSR count). The highest BCUT2D eigenvalue weighted by atomic mass is 35.5. The summed E-state index contributed by atoms with van der Waals surface area (Å²) in [6.07, 6.45) is 4.87. The van der Waals surface area contributed by atoms with Crippen LogP contribution in [0.4, 0.5) is 4.39 Å². The minimum absolute atomic E-state index is 0.0646. The maximum Gasteiger partial charge on any atom is 0.275 e. The zero-order valence-electron chi connectivity index (χ0n) is 18.8. The summed E-state index contributed by atoms with van der Waals surface area (Å²) in [5.41, 5.74) is 2.96. The van der Waals surface area contributed by atoms with Crippen LogP contribution in [0.15, 0.2) is 36.5 Å². The van der Waals surface area contributed by atoms with E-state index >= 15 is 0 Å². The summed E-state index contributed by atoms with van der Waals surface area (Å²) in [7, 11) is 1.85. The topological polar surface area (TPSA) is 79.7 Å². The Balaban J connectivity index is 1.72. The van der Waals surface area contributed by atoms with E-state index in [0.29, 0.717) is 30.2 Å². The van der Waals surface area contributed by atoms with E-state index in [4.69, 9.17) is 16.9 Å². The number of benzene rings is 2. The molecular weight excluding hydrogens is 455 g/mol. The lowest BCUT2D eigenvalue weighted by Gasteiger charge is -2.26. The third-order valence-corrected chi connectivity index (χ3v) is 6.52. The zero-order valence-corrected chi connectivity index (χ0v) is 19.6. The van der Waals surface area contributed by atoms with Crippen molar-refractivity contribution in [2.75, 3.05) is 13.1 Å². The fourth-order valence-corrected chi connectivity index (χ4v) is 4.80. The molecule has 1 aliphatic heterocycles. The molecule has 172 valence electrons. The molecule has 0 unspecified atom stereocenters. The highest BCUT2D eigenvalue weighted by Gasteiger charge is 2.28. The second-order valence-electron chi connectivity index (χ2n) is 8.57. The molecule has 9 heteroatoms. The number of carbonyl (C=O) groups is 1. The van der Waals surface area contributed by atoms with Gasteiger partial charge in [0.2, 0.25) is 0 Å². The molecule has 0 atom stereocenters. The van der Waals surface area contributed by atoms with Crippen LogP contribution >= 0.6 is 11.6 Å². The van der Waals surface area contributed by atoms with Crippen molar-refractivity contribution >= 4 is 28.4 Å². The molecule has 0 saturated carbocycles. The first kappa shape index (κ1) is 22.1. The molecule has 0 aliphatic carbocycles. The molecule has 0 radical (unpaired) electrons. The van der Waals surface area contributed by atoms with Gasteiger partial charge in [-0.25, -0.2) is 9.37 Å². The van der Waals surface area contributed by atoms with Crippen molar-refractivity contribution in [2.45, 2.75) is 26.2 Å². The Bertz CT molecular complexity index is 1480. The van der Waals surface area contributed by atoms with Crippen LogP contribution in [0.25, 0.3) is 28.0 Å². The third-order valence-electron chi connectivity index (χ3n) is 6.17. The van der Waals surface area contributed by atoms with Crippen LogP contribution < -0.4 is 0 Å². The van der Waals surface area contributed by atoms with Crippen LogP contribution in [0.5, 0.6) is 0 Å². The largest absolute Gasteiger partial charge is 0.337 e. The quantitative estimate of drug-likeness (QED) is 0.415. The SMILES string of the molecule is Cc1cc(-n2c(-c3ccc(C#N)c(F)c3)nc(C(=O)N3CCCCC3)c2Cl)cc2cn(C)nc12. The van der Waals surface area contributed by atoms with Crippen molar-refractivity contribution in [3.63, 3.8) is 0 Å². The number of likely N-dealkylation sites (tertiary alicyclic amines) is 1. The lowest BCUT2D eigenvalue weighted by atomic mass is 10.1. The Morgan fingerprint density at radius 2 is 1.94 bits per heavy atom. The predicted molar refractivity (Wildman–Crippen MR) is 127 cm³/mol. The summed E-state index contributed by atoms with van der Waals surface area (Å²) >= 11 is 6.82. The molecule has 4 aromatic rings. The van der Waals surface area contributed by atoms with Gasteiger partial charge in [-0.1, -0.05) is 11.6 Å². The lowest BCUT2D eigenvalue weighted by Crippen LogP contribution is -2.36. The number of aromatic nitrogens is 4. The van der Waals surface area contributed by atoms with Gasteiger partial charge in [0, 0.05) is 43.0 Å². The smallest absolute Gasteiger partial charge is 0.275 e. The molecule has 0 spiro atoms. The van der Waals surface area contributed by atoms with Gasteiger partial charge in [-0.2, -0.15) is 10.4 Å². The Labute approximate surface area is 201 Å². The summed E-state index contributed by atoms with van der Waals surface area (Å²) in [6.45, 7) is 3.26. The maximum absolute atomic E-state index is 14.5. The van der Waals surface area contributed by atoms with Gasteiger partial charge in [0.05, 0.1) is 11.1 Å². The van der Waals surface area contributed by atoms with Crippen LogP contribution in [0.3, 0.4) is 0 Å². The number of carbonyl (C=O) groups excluding carboxylic acids is 1. The van der Waals surface area contributed by atoms with E-state index in [1.807, 2.05) is 38.4 Å². The highest BCUT2D eigenvalue weighted by Crippen LogP contribution is 2.33. The second kappa shape index (κ2) is 8.58. The van der Waals surface area contributed by atoms with Gasteiger partial charge < -0.3 is 4.90 Å². The first-order chi connectivity index (χ1) is 16.4. The molecule has 1 amide bonds. The summed E-state index contributed by atoms with van der Waals surface area (Å²) < 4.78 is 17.9. The van der Waals surface area contributed by atoms with Gasteiger partial charge in [0.1, 0.15) is 22.9 Å². The summed E-state index contributed by atoms with van der Waals surface area (Å²) in [6, 6.07) is 9.93. The van der Waals surface area contributed by atoms with Gasteiger partial charge in [-0.05, 0) is 62.1 Å². The third kappa shape index (κ3) is 3.72. The van der Waals surface area contributed by atoms with E-state index in [1.54, 1.807) is 20.2 Å². The number of piperidine rings is 1. The number of nitrogens with zero attached hydrogens (tertiary/aromatic N) is 6. The van der Waals surface area contributed by atoms with E-state index < -0.39 is 5.82 Å². The zero-order chi connectivity index (χ0) is 24.0. The number of nitriles is 1. The number of hydrogen-bond acceptors (Lipinski definition) is 4. The number of amides is 1. The first-order valence-electron chi connectivity index (χ1n) is 11.1. The fourth-order valence-electron chi connectivity index (χ4n) is 4.50. The molecule has 2 aromatic carbocycles. The molecule has 1 saturated heterocycles. The van der Waals surface area contributed by atoms with E-state index in [2.05, 4.69) is 10.1 Å². The van der Waals surface area contributed by atoms with Crippen LogP contribution in [0, 0.1) is 24.1 Å². The van der Waals surface area contributed by atoms with Crippen molar-refractivity contribution in [2.24, 2.45) is 7.05 Å². The second-order valence-corrected chi connectivity index (χ2v) is 8.93. The van der Waals surface area contributed by atoms with E-state index in [1.165, 1.54) is 12.1 Å². The Morgan fingerprint density at radius 1 is 1.18 bits per heavy atom. The number of hydrogen-bond donors (Lipinski definition) is 0. The van der Waals surface area contributed by atoms with Crippen molar-refractivity contribution in [1.29, 1.82) is 5.26 Å². The van der Waals surface area contributed by atoms with Crippen molar-refractivity contribution in [3.8, 4) is 23.1 Å². The summed E-state index contributed by atoms with van der Waals surface area (Å²) in [5.74, 6) is -0.567. The van der Waals surface area contributed by atoms with E-state index in [9.17, 15) is 9.18 Å². The lowest BCUT2D eigenvalue weighted by molar-refractivity contribution is 0.0719. The van der Waals surface area contributed by atoms with Crippen LogP contribution in [-0.2, 0) is 7.05 Å². The molecule has 3 heterocycles. The average Bonchev–Trinajstić information content (AvgIpc) is 3.38. The average molecular weight is 477 g/mol. The minimum atomic E-state index is -0.659. The van der Waals surface area contributed by atoms with Crippen LogP contribution in [-0.4, -0.2) is 43.2 Å². The molecule has 0 N–H and O–H groups in total. The molecule has 2 aromatic heterocycles. The van der Waals surface area contributed by atoms with Crippen molar-refractivity contribution < 1.29 is 9.18 Å². The van der Waals surface area contributed by atoms with Crippen LogP contribution in [0.1, 0.15) is 40.9 Å². The molecule has 34 heavy (non-hydrogen) atoms. The normalized spacial score (nSPS) is 13.9. The summed E-state index contributed by atoms with van der Waals surface area (Å²) in [4.78, 5) is 19.7. The number of imidazole rings is 1. The first-order valence-corrected chi connectivity index (χ1v) is 11.5. The number of aryl methyl sites for hydroxylation is 2. The minimum Gasteiger partial charge on any atom is -0.337 e. The van der Waals surface area contributed by atoms with Crippen LogP contribution in [0.2, 0.25) is 5.15 Å². The maximum atomic E-state index is 14.5. The van der Waals surface area contributed by atoms with E-state index in [0.717, 1.165) is 35.7 Å². The summed E-state index contributed by atoms with van der Waals surface area (Å²) in [5, 5.41) is 14.7. The van der Waals surface area contributed by atoms with Gasteiger partial charge in [0.25, 0.3) is 5.91 Å². The van der Waals surface area contributed by atoms with Crippen molar-refractivity contribution in [3.05, 3.63) is 64.3 Å². The predicted octanol–water partition coefficient (Wildman–Crippen LogP) is 5.02. The molecular formula is C25H22ClFN6O. The van der Waals surface area contributed by atoms with Gasteiger partial charge in [-0.15, -0.1) is 0 Å². The van der Waals surface area contributed by atoms with Gasteiger partial charge >= 0.3 is 0 Å². The monoisotopic (exact) mass is 476 g/mol. The van der Waals surface area contributed by atoms with E-state index in [-0.39, 0.29) is 22.3 Å². The van der Waals surface area contributed by atoms with Gasteiger partial charge in [-0.3, -0.25) is 14.0 Å². The molecule has 0 bridgehead atoms. The number of rotatable bonds is 3. The molecule has 1 aliphatic rings. The Kier molecular flexibility index (Phi) is 5.58. The highest BCUT2D eigenvalue weighted by molar-refractivity contribution is 6.33. The Morgan fingerprint density at radius 3 is 2.65 bits per heavy atom. The molecule has 7 nitrogen and oxygen atoms in total.